The van der Waals surface area contributed by atoms with Gasteiger partial charge >= 0.3 is 5.69 Å². The first kappa shape index (κ1) is 16.6. The van der Waals surface area contributed by atoms with Gasteiger partial charge in [-0.15, -0.1) is 0 Å². The lowest BCUT2D eigenvalue weighted by atomic mass is 10.1. The molecule has 1 heterocycles. The van der Waals surface area contributed by atoms with Gasteiger partial charge in [-0.3, -0.25) is 13.9 Å². The van der Waals surface area contributed by atoms with Crippen molar-refractivity contribution in [2.75, 3.05) is 0 Å². The first-order valence-electron chi connectivity index (χ1n) is 7.60. The van der Waals surface area contributed by atoms with E-state index in [0.717, 1.165) is 10.1 Å². The van der Waals surface area contributed by atoms with Gasteiger partial charge in [-0.05, 0) is 43.7 Å². The van der Waals surface area contributed by atoms with E-state index in [2.05, 4.69) is 15.9 Å². The summed E-state index contributed by atoms with van der Waals surface area (Å²) in [6.45, 7) is 4.09. The highest BCUT2D eigenvalue weighted by Gasteiger charge is 2.14. The van der Waals surface area contributed by atoms with Gasteiger partial charge in [0.05, 0.1) is 17.4 Å². The van der Waals surface area contributed by atoms with E-state index < -0.39 is 17.1 Å². The Kier molecular flexibility index (Phi) is 4.41. The molecule has 0 amide bonds. The van der Waals surface area contributed by atoms with Gasteiger partial charge in [0.15, 0.2) is 0 Å². The summed E-state index contributed by atoms with van der Waals surface area (Å²) in [7, 11) is 0. The standard InChI is InChI=1S/C18H16BrFN2O2/c1-3-21-16-8-11(2)4-7-14(16)17(23)22(18(21)24)10-12-5-6-13(19)9-15(12)20/h4-9H,3,10H2,1-2H3. The molecular weight excluding hydrogens is 375 g/mol. The van der Waals surface area contributed by atoms with E-state index in [9.17, 15) is 14.0 Å². The molecule has 4 nitrogen and oxygen atoms in total. The van der Waals surface area contributed by atoms with Gasteiger partial charge in [-0.1, -0.05) is 28.1 Å². The Morgan fingerprint density at radius 3 is 2.50 bits per heavy atom. The molecule has 3 aromatic rings. The fraction of sp³-hybridized carbons (Fsp3) is 0.222. The van der Waals surface area contributed by atoms with Crippen LogP contribution in [0.5, 0.6) is 0 Å². The Morgan fingerprint density at radius 1 is 1.08 bits per heavy atom. The van der Waals surface area contributed by atoms with Gasteiger partial charge < -0.3 is 0 Å². The smallest absolute Gasteiger partial charge is 0.293 e. The van der Waals surface area contributed by atoms with Gasteiger partial charge in [0.1, 0.15) is 5.82 Å². The van der Waals surface area contributed by atoms with Crippen molar-refractivity contribution < 1.29 is 4.39 Å². The van der Waals surface area contributed by atoms with Crippen LogP contribution in [0.15, 0.2) is 50.5 Å². The van der Waals surface area contributed by atoms with Crippen LogP contribution in [0.3, 0.4) is 0 Å². The van der Waals surface area contributed by atoms with Crippen molar-refractivity contribution in [2.45, 2.75) is 26.9 Å². The van der Waals surface area contributed by atoms with Gasteiger partial charge in [0.2, 0.25) is 0 Å². The van der Waals surface area contributed by atoms with E-state index in [1.54, 1.807) is 22.8 Å². The zero-order valence-corrected chi connectivity index (χ0v) is 14.9. The van der Waals surface area contributed by atoms with Crippen LogP contribution in [-0.2, 0) is 13.1 Å². The number of hydrogen-bond donors (Lipinski definition) is 0. The summed E-state index contributed by atoms with van der Waals surface area (Å²) in [6, 6.07) is 9.95. The van der Waals surface area contributed by atoms with Crippen LogP contribution in [0.2, 0.25) is 0 Å². The molecule has 0 aliphatic carbocycles. The van der Waals surface area contributed by atoms with Crippen molar-refractivity contribution in [1.29, 1.82) is 0 Å². The van der Waals surface area contributed by atoms with E-state index in [1.165, 1.54) is 6.07 Å². The van der Waals surface area contributed by atoms with Crippen molar-refractivity contribution >= 4 is 26.8 Å². The zero-order chi connectivity index (χ0) is 17.4. The van der Waals surface area contributed by atoms with Crippen molar-refractivity contribution in [1.82, 2.24) is 9.13 Å². The Hall–Kier alpha value is -2.21. The highest BCUT2D eigenvalue weighted by atomic mass is 79.9. The average molecular weight is 391 g/mol. The third kappa shape index (κ3) is 2.82. The Balaban J connectivity index is 2.27. The molecule has 0 saturated heterocycles. The second-order valence-electron chi connectivity index (χ2n) is 5.67. The molecule has 0 spiro atoms. The third-order valence-electron chi connectivity index (χ3n) is 4.04. The van der Waals surface area contributed by atoms with Crippen LogP contribution >= 0.6 is 15.9 Å². The predicted octanol–water partition coefficient (Wildman–Crippen LogP) is 3.44. The number of aromatic nitrogens is 2. The summed E-state index contributed by atoms with van der Waals surface area (Å²) in [5.74, 6) is -0.456. The molecule has 0 bridgehead atoms. The van der Waals surface area contributed by atoms with Crippen LogP contribution in [0.25, 0.3) is 10.9 Å². The maximum atomic E-state index is 14.1. The van der Waals surface area contributed by atoms with Crippen molar-refractivity contribution in [3.05, 3.63) is 78.7 Å². The van der Waals surface area contributed by atoms with Crippen molar-refractivity contribution in [3.8, 4) is 0 Å². The molecule has 0 radical (unpaired) electrons. The minimum absolute atomic E-state index is 0.0966. The second kappa shape index (κ2) is 6.36. The highest BCUT2D eigenvalue weighted by Crippen LogP contribution is 2.16. The molecule has 0 atom stereocenters. The molecule has 0 aliphatic rings. The predicted molar refractivity (Wildman–Crippen MR) is 96.1 cm³/mol. The Bertz CT molecular complexity index is 1050. The molecular formula is C18H16BrFN2O2. The summed E-state index contributed by atoms with van der Waals surface area (Å²) < 4.78 is 17.3. The number of halogens is 2. The maximum Gasteiger partial charge on any atom is 0.331 e. The molecule has 124 valence electrons. The highest BCUT2D eigenvalue weighted by molar-refractivity contribution is 9.10. The number of aryl methyl sites for hydroxylation is 2. The Morgan fingerprint density at radius 2 is 1.83 bits per heavy atom. The fourth-order valence-corrected chi connectivity index (χ4v) is 3.13. The summed E-state index contributed by atoms with van der Waals surface area (Å²) in [6.07, 6.45) is 0. The second-order valence-corrected chi connectivity index (χ2v) is 6.59. The van der Waals surface area contributed by atoms with Crippen LogP contribution in [0.4, 0.5) is 4.39 Å². The minimum atomic E-state index is -0.456. The lowest BCUT2D eigenvalue weighted by Gasteiger charge is -2.13. The number of benzene rings is 2. The molecule has 1 aromatic heterocycles. The average Bonchev–Trinajstić information content (AvgIpc) is 2.53. The van der Waals surface area contributed by atoms with Gasteiger partial charge in [-0.2, -0.15) is 0 Å². The molecule has 0 N–H and O–H groups in total. The zero-order valence-electron chi connectivity index (χ0n) is 13.3. The molecule has 24 heavy (non-hydrogen) atoms. The third-order valence-corrected chi connectivity index (χ3v) is 4.53. The SMILES string of the molecule is CCn1c(=O)n(Cc2ccc(Br)cc2F)c(=O)c2ccc(C)cc21. The summed E-state index contributed by atoms with van der Waals surface area (Å²) in [5.41, 5.74) is 1.05. The van der Waals surface area contributed by atoms with E-state index >= 15 is 0 Å². The van der Waals surface area contributed by atoms with E-state index in [-0.39, 0.29) is 6.54 Å². The van der Waals surface area contributed by atoms with Gasteiger partial charge in [0, 0.05) is 16.6 Å². The summed E-state index contributed by atoms with van der Waals surface area (Å²) in [4.78, 5) is 25.5. The first-order valence-corrected chi connectivity index (χ1v) is 8.39. The molecule has 0 unspecified atom stereocenters. The fourth-order valence-electron chi connectivity index (χ4n) is 2.79. The van der Waals surface area contributed by atoms with E-state index in [4.69, 9.17) is 0 Å². The van der Waals surface area contributed by atoms with Crippen molar-refractivity contribution in [2.24, 2.45) is 0 Å². The van der Waals surface area contributed by atoms with Crippen LogP contribution in [0.1, 0.15) is 18.1 Å². The number of rotatable bonds is 3. The van der Waals surface area contributed by atoms with E-state index in [0.29, 0.717) is 27.5 Å². The monoisotopic (exact) mass is 390 g/mol. The lowest BCUT2D eigenvalue weighted by Crippen LogP contribution is -2.40. The molecule has 6 heteroatoms. The minimum Gasteiger partial charge on any atom is -0.293 e. The van der Waals surface area contributed by atoms with Gasteiger partial charge in [-0.25, -0.2) is 9.18 Å². The molecule has 2 aromatic carbocycles. The quantitative estimate of drug-likeness (QED) is 0.687. The maximum absolute atomic E-state index is 14.1. The van der Waals surface area contributed by atoms with Gasteiger partial charge in [0.25, 0.3) is 5.56 Å². The number of fused-ring (bicyclic) bond motifs is 1. The molecule has 0 aliphatic heterocycles. The lowest BCUT2D eigenvalue weighted by molar-refractivity contribution is 0.575. The summed E-state index contributed by atoms with van der Waals surface area (Å²) >= 11 is 3.20. The van der Waals surface area contributed by atoms with E-state index in [1.807, 2.05) is 26.0 Å². The van der Waals surface area contributed by atoms with Crippen LogP contribution in [-0.4, -0.2) is 9.13 Å². The summed E-state index contributed by atoms with van der Waals surface area (Å²) in [5, 5.41) is 0.458. The molecule has 0 fully saturated rings. The van der Waals surface area contributed by atoms with Crippen LogP contribution < -0.4 is 11.2 Å². The van der Waals surface area contributed by atoms with Crippen LogP contribution in [0, 0.1) is 12.7 Å². The topological polar surface area (TPSA) is 44.0 Å². The largest absolute Gasteiger partial charge is 0.331 e. The normalized spacial score (nSPS) is 11.2. The molecule has 0 saturated carbocycles. The Labute approximate surface area is 146 Å². The first-order chi connectivity index (χ1) is 11.4. The number of hydrogen-bond acceptors (Lipinski definition) is 2. The molecule has 3 rings (SSSR count). The van der Waals surface area contributed by atoms with Crippen molar-refractivity contribution in [3.63, 3.8) is 0 Å². The number of nitrogens with zero attached hydrogens (tertiary/aromatic N) is 2.